The molecular formula is C21H20Cl2N2O4S2. The van der Waals surface area contributed by atoms with Crippen LogP contribution in [-0.2, 0) is 14.8 Å². The van der Waals surface area contributed by atoms with Crippen molar-refractivity contribution in [3.63, 3.8) is 0 Å². The van der Waals surface area contributed by atoms with Crippen molar-refractivity contribution in [3.8, 4) is 5.75 Å². The van der Waals surface area contributed by atoms with E-state index in [9.17, 15) is 13.2 Å². The first-order valence-electron chi connectivity index (χ1n) is 9.18. The maximum absolute atomic E-state index is 12.6. The number of anilines is 1. The van der Waals surface area contributed by atoms with Crippen LogP contribution in [0.25, 0.3) is 0 Å². The second kappa shape index (κ2) is 9.91. The second-order valence-electron chi connectivity index (χ2n) is 6.65. The number of thiophene rings is 1. The van der Waals surface area contributed by atoms with Gasteiger partial charge in [0.05, 0.1) is 21.8 Å². The van der Waals surface area contributed by atoms with Crippen molar-refractivity contribution in [3.05, 3.63) is 75.6 Å². The molecule has 1 atom stereocenters. The summed E-state index contributed by atoms with van der Waals surface area (Å²) in [4.78, 5) is 12.2. The van der Waals surface area contributed by atoms with E-state index in [1.54, 1.807) is 60.0 Å². The molecule has 0 fully saturated rings. The Hall–Kier alpha value is -2.26. The standard InChI is InChI=1S/C21H20Cl2N2O4S2/c1-14(15-5-10-18(22)19(23)12-15)24-20(26)13-29-17-8-6-16(7-9-17)25(2)31(27,28)21-4-3-11-30-21/h3-12,14H,13H2,1-2H3,(H,24,26). The van der Waals surface area contributed by atoms with Crippen LogP contribution in [0.5, 0.6) is 5.75 Å². The lowest BCUT2D eigenvalue weighted by atomic mass is 10.1. The zero-order valence-corrected chi connectivity index (χ0v) is 19.9. The van der Waals surface area contributed by atoms with E-state index in [2.05, 4.69) is 5.32 Å². The van der Waals surface area contributed by atoms with Gasteiger partial charge >= 0.3 is 0 Å². The lowest BCUT2D eigenvalue weighted by molar-refractivity contribution is -0.123. The number of hydrogen-bond acceptors (Lipinski definition) is 5. The molecule has 1 N–H and O–H groups in total. The SMILES string of the molecule is CC(NC(=O)COc1ccc(N(C)S(=O)(=O)c2cccs2)cc1)c1ccc(Cl)c(Cl)c1. The molecular weight excluding hydrogens is 479 g/mol. The van der Waals surface area contributed by atoms with Crippen molar-refractivity contribution in [2.24, 2.45) is 0 Å². The highest BCUT2D eigenvalue weighted by Gasteiger charge is 2.22. The van der Waals surface area contributed by atoms with Gasteiger partial charge in [-0.3, -0.25) is 9.10 Å². The van der Waals surface area contributed by atoms with Crippen LogP contribution in [0.4, 0.5) is 5.69 Å². The van der Waals surface area contributed by atoms with Gasteiger partial charge in [0.1, 0.15) is 9.96 Å². The van der Waals surface area contributed by atoms with Crippen LogP contribution in [0.2, 0.25) is 10.0 Å². The van der Waals surface area contributed by atoms with E-state index in [-0.39, 0.29) is 22.8 Å². The first-order chi connectivity index (χ1) is 14.7. The van der Waals surface area contributed by atoms with Crippen molar-refractivity contribution in [1.29, 1.82) is 0 Å². The van der Waals surface area contributed by atoms with Gasteiger partial charge in [-0.15, -0.1) is 11.3 Å². The predicted octanol–water partition coefficient (Wildman–Crippen LogP) is 5.14. The average molecular weight is 499 g/mol. The number of amides is 1. The maximum atomic E-state index is 12.6. The molecule has 3 rings (SSSR count). The van der Waals surface area contributed by atoms with E-state index in [0.29, 0.717) is 21.5 Å². The lowest BCUT2D eigenvalue weighted by Gasteiger charge is -2.19. The molecule has 1 amide bonds. The normalized spacial score (nSPS) is 12.3. The smallest absolute Gasteiger partial charge is 0.273 e. The zero-order valence-electron chi connectivity index (χ0n) is 16.7. The third-order valence-electron chi connectivity index (χ3n) is 4.50. The maximum Gasteiger partial charge on any atom is 0.273 e. The van der Waals surface area contributed by atoms with Gasteiger partial charge in [-0.05, 0) is 60.3 Å². The number of halogens is 2. The molecule has 0 bridgehead atoms. The Bertz CT molecular complexity index is 1150. The summed E-state index contributed by atoms with van der Waals surface area (Å²) in [5, 5.41) is 5.41. The van der Waals surface area contributed by atoms with Crippen molar-refractivity contribution in [2.75, 3.05) is 18.0 Å². The Morgan fingerprint density at radius 3 is 2.45 bits per heavy atom. The van der Waals surface area contributed by atoms with Crippen molar-refractivity contribution in [2.45, 2.75) is 17.2 Å². The number of ether oxygens (including phenoxy) is 1. The van der Waals surface area contributed by atoms with Crippen molar-refractivity contribution < 1.29 is 17.9 Å². The summed E-state index contributed by atoms with van der Waals surface area (Å²) in [6, 6.07) is 14.6. The molecule has 1 unspecified atom stereocenters. The lowest BCUT2D eigenvalue weighted by Crippen LogP contribution is -2.31. The molecule has 0 saturated heterocycles. The zero-order chi connectivity index (χ0) is 22.6. The summed E-state index contributed by atoms with van der Waals surface area (Å²) < 4.78 is 32.2. The summed E-state index contributed by atoms with van der Waals surface area (Å²) in [6.45, 7) is 1.64. The molecule has 10 heteroatoms. The van der Waals surface area contributed by atoms with Gasteiger partial charge in [0, 0.05) is 7.05 Å². The molecule has 2 aromatic carbocycles. The van der Waals surface area contributed by atoms with E-state index >= 15 is 0 Å². The quantitative estimate of drug-likeness (QED) is 0.466. The molecule has 6 nitrogen and oxygen atoms in total. The van der Waals surface area contributed by atoms with Crippen LogP contribution in [0.3, 0.4) is 0 Å². The molecule has 0 aliphatic carbocycles. The highest BCUT2D eigenvalue weighted by molar-refractivity contribution is 7.94. The Morgan fingerprint density at radius 2 is 1.84 bits per heavy atom. The first kappa shape index (κ1) is 23.4. The first-order valence-corrected chi connectivity index (χ1v) is 12.3. The molecule has 3 aromatic rings. The van der Waals surface area contributed by atoms with Gasteiger partial charge in [-0.2, -0.15) is 0 Å². The molecule has 1 heterocycles. The Balaban J connectivity index is 1.56. The van der Waals surface area contributed by atoms with Gasteiger partial charge in [-0.1, -0.05) is 35.3 Å². The average Bonchev–Trinajstić information content (AvgIpc) is 3.30. The number of benzene rings is 2. The van der Waals surface area contributed by atoms with E-state index in [1.165, 1.54) is 11.4 Å². The van der Waals surface area contributed by atoms with Gasteiger partial charge in [0.25, 0.3) is 15.9 Å². The predicted molar refractivity (Wildman–Crippen MR) is 125 cm³/mol. The number of carbonyl (C=O) groups excluding carboxylic acids is 1. The summed E-state index contributed by atoms with van der Waals surface area (Å²) in [5.41, 5.74) is 1.31. The molecule has 0 saturated carbocycles. The Kier molecular flexibility index (Phi) is 7.48. The molecule has 164 valence electrons. The van der Waals surface area contributed by atoms with Crippen LogP contribution in [0.1, 0.15) is 18.5 Å². The largest absolute Gasteiger partial charge is 0.484 e. The van der Waals surface area contributed by atoms with Gasteiger partial charge in [0.15, 0.2) is 6.61 Å². The van der Waals surface area contributed by atoms with Crippen LogP contribution in [0, 0.1) is 0 Å². The fourth-order valence-electron chi connectivity index (χ4n) is 2.73. The van der Waals surface area contributed by atoms with Crippen LogP contribution in [0.15, 0.2) is 64.2 Å². The van der Waals surface area contributed by atoms with Crippen LogP contribution in [-0.4, -0.2) is 28.0 Å². The number of sulfonamides is 1. The van der Waals surface area contributed by atoms with Gasteiger partial charge in [-0.25, -0.2) is 8.42 Å². The minimum atomic E-state index is -3.60. The number of hydrogen-bond donors (Lipinski definition) is 1. The van der Waals surface area contributed by atoms with Crippen LogP contribution < -0.4 is 14.4 Å². The molecule has 0 radical (unpaired) electrons. The fourth-order valence-corrected chi connectivity index (χ4v) is 5.40. The summed E-state index contributed by atoms with van der Waals surface area (Å²) >= 11 is 13.1. The minimum absolute atomic E-state index is 0.186. The summed E-state index contributed by atoms with van der Waals surface area (Å²) in [6.07, 6.45) is 0. The fraction of sp³-hybridized carbons (Fsp3) is 0.190. The number of nitrogens with one attached hydrogen (secondary N) is 1. The summed E-state index contributed by atoms with van der Waals surface area (Å²) in [5.74, 6) is 0.142. The number of nitrogens with zero attached hydrogens (tertiary/aromatic N) is 1. The monoisotopic (exact) mass is 498 g/mol. The van der Waals surface area contributed by atoms with Crippen molar-refractivity contribution in [1.82, 2.24) is 5.32 Å². The Labute approximate surface area is 195 Å². The third kappa shape index (κ3) is 5.71. The highest BCUT2D eigenvalue weighted by Crippen LogP contribution is 2.27. The summed E-state index contributed by atoms with van der Waals surface area (Å²) in [7, 11) is -2.11. The minimum Gasteiger partial charge on any atom is -0.484 e. The van der Waals surface area contributed by atoms with E-state index < -0.39 is 10.0 Å². The molecule has 31 heavy (non-hydrogen) atoms. The van der Waals surface area contributed by atoms with Gasteiger partial charge < -0.3 is 10.1 Å². The van der Waals surface area contributed by atoms with Crippen LogP contribution >= 0.6 is 34.5 Å². The third-order valence-corrected chi connectivity index (χ3v) is 8.40. The van der Waals surface area contributed by atoms with E-state index in [0.717, 1.165) is 16.9 Å². The van der Waals surface area contributed by atoms with E-state index in [4.69, 9.17) is 27.9 Å². The highest BCUT2D eigenvalue weighted by atomic mass is 35.5. The topological polar surface area (TPSA) is 75.7 Å². The van der Waals surface area contributed by atoms with Crippen molar-refractivity contribution >= 4 is 56.2 Å². The second-order valence-corrected chi connectivity index (χ2v) is 10.6. The molecule has 0 aliphatic heterocycles. The number of rotatable bonds is 8. The van der Waals surface area contributed by atoms with Gasteiger partial charge in [0.2, 0.25) is 0 Å². The molecule has 1 aromatic heterocycles. The Morgan fingerprint density at radius 1 is 1.13 bits per heavy atom. The number of carbonyl (C=O) groups is 1. The van der Waals surface area contributed by atoms with E-state index in [1.807, 2.05) is 6.92 Å². The molecule has 0 aliphatic rings. The molecule has 0 spiro atoms.